The fourth-order valence-electron chi connectivity index (χ4n) is 3.44. The number of hydrogen-bond donors (Lipinski definition) is 0. The van der Waals surface area contributed by atoms with Gasteiger partial charge in [-0.15, -0.1) is 0 Å². The molecule has 9 heteroatoms. The Kier molecular flexibility index (Phi) is 5.99. The van der Waals surface area contributed by atoms with E-state index in [0.717, 1.165) is 0 Å². The fraction of sp³-hybridized carbons (Fsp3) is 0.273. The normalized spacial score (nSPS) is 16.9. The van der Waals surface area contributed by atoms with E-state index >= 15 is 0 Å². The molecule has 3 heterocycles. The average molecular weight is 443 g/mol. The summed E-state index contributed by atoms with van der Waals surface area (Å²) in [6.45, 7) is 6.27. The SMILES string of the molecule is C=CC(=O)N1CC[C@H](Oc2ccc3ncnc(O[C@@H](C)c4cccc(Cl)c4F)c3n2)C1. The second-order valence-corrected chi connectivity index (χ2v) is 7.52. The summed E-state index contributed by atoms with van der Waals surface area (Å²) in [5, 5.41) is 0.0230. The van der Waals surface area contributed by atoms with Gasteiger partial charge in [0, 0.05) is 24.6 Å². The summed E-state index contributed by atoms with van der Waals surface area (Å²) >= 11 is 5.88. The van der Waals surface area contributed by atoms with Crippen molar-refractivity contribution >= 4 is 28.5 Å². The molecule has 160 valence electrons. The number of aromatic nitrogens is 3. The van der Waals surface area contributed by atoms with Crippen molar-refractivity contribution in [1.29, 1.82) is 0 Å². The van der Waals surface area contributed by atoms with E-state index in [1.54, 1.807) is 36.1 Å². The molecule has 1 amide bonds. The molecule has 4 rings (SSSR count). The summed E-state index contributed by atoms with van der Waals surface area (Å²) in [4.78, 5) is 26.3. The van der Waals surface area contributed by atoms with Crippen molar-refractivity contribution in [3.8, 4) is 11.8 Å². The van der Waals surface area contributed by atoms with Gasteiger partial charge in [0.2, 0.25) is 17.7 Å². The van der Waals surface area contributed by atoms with E-state index in [-0.39, 0.29) is 22.9 Å². The highest BCUT2D eigenvalue weighted by Gasteiger charge is 2.27. The van der Waals surface area contributed by atoms with Crippen LogP contribution in [-0.2, 0) is 4.79 Å². The number of nitrogens with zero attached hydrogens (tertiary/aromatic N) is 4. The smallest absolute Gasteiger partial charge is 0.246 e. The Morgan fingerprint density at radius 1 is 1.35 bits per heavy atom. The van der Waals surface area contributed by atoms with Crippen molar-refractivity contribution in [3.05, 3.63) is 65.7 Å². The first-order valence-corrected chi connectivity index (χ1v) is 10.1. The Balaban J connectivity index is 1.56. The monoisotopic (exact) mass is 442 g/mol. The van der Waals surface area contributed by atoms with Crippen LogP contribution in [0.4, 0.5) is 4.39 Å². The zero-order valence-electron chi connectivity index (χ0n) is 16.8. The number of amides is 1. The number of carbonyl (C=O) groups excluding carboxylic acids is 1. The van der Waals surface area contributed by atoms with E-state index in [2.05, 4.69) is 21.5 Å². The summed E-state index contributed by atoms with van der Waals surface area (Å²) in [7, 11) is 0. The first-order valence-electron chi connectivity index (χ1n) is 9.76. The topological polar surface area (TPSA) is 77.4 Å². The molecule has 1 aliphatic heterocycles. The van der Waals surface area contributed by atoms with Crippen LogP contribution in [0.5, 0.6) is 11.8 Å². The van der Waals surface area contributed by atoms with Crippen LogP contribution in [0.25, 0.3) is 11.0 Å². The fourth-order valence-corrected chi connectivity index (χ4v) is 3.62. The number of halogens is 2. The summed E-state index contributed by atoms with van der Waals surface area (Å²) in [6, 6.07) is 8.19. The number of pyridine rings is 1. The quantitative estimate of drug-likeness (QED) is 0.534. The molecular weight excluding hydrogens is 423 g/mol. The van der Waals surface area contributed by atoms with Crippen LogP contribution in [0.15, 0.2) is 49.3 Å². The van der Waals surface area contributed by atoms with Crippen molar-refractivity contribution in [2.24, 2.45) is 0 Å². The highest BCUT2D eigenvalue weighted by Crippen LogP contribution is 2.30. The van der Waals surface area contributed by atoms with Gasteiger partial charge in [-0.1, -0.05) is 30.3 Å². The number of hydrogen-bond acceptors (Lipinski definition) is 6. The van der Waals surface area contributed by atoms with E-state index in [1.807, 2.05) is 0 Å². The van der Waals surface area contributed by atoms with Gasteiger partial charge in [-0.3, -0.25) is 4.79 Å². The summed E-state index contributed by atoms with van der Waals surface area (Å²) < 4.78 is 26.2. The lowest BCUT2D eigenvalue weighted by atomic mass is 10.1. The van der Waals surface area contributed by atoms with Crippen LogP contribution < -0.4 is 9.47 Å². The van der Waals surface area contributed by atoms with Crippen molar-refractivity contribution in [3.63, 3.8) is 0 Å². The molecule has 0 radical (unpaired) electrons. The standard InChI is InChI=1S/C22H20ClFN4O3/c1-3-19(29)28-10-9-14(11-28)31-18-8-7-17-21(27-18)22(26-12-25-17)30-13(2)15-5-4-6-16(23)20(15)24/h3-8,12-14H,1,9-11H2,2H3/t13-,14-/m0/s1. The lowest BCUT2D eigenvalue weighted by molar-refractivity contribution is -0.125. The molecule has 0 unspecified atom stereocenters. The van der Waals surface area contributed by atoms with Crippen LogP contribution >= 0.6 is 11.6 Å². The Morgan fingerprint density at radius 3 is 3.00 bits per heavy atom. The lowest BCUT2D eigenvalue weighted by Gasteiger charge is -2.17. The van der Waals surface area contributed by atoms with Gasteiger partial charge in [-0.25, -0.2) is 14.4 Å². The molecule has 0 bridgehead atoms. The first-order chi connectivity index (χ1) is 15.0. The largest absolute Gasteiger partial charge is 0.472 e. The van der Waals surface area contributed by atoms with E-state index in [9.17, 15) is 9.18 Å². The van der Waals surface area contributed by atoms with Gasteiger partial charge in [-0.05, 0) is 25.1 Å². The molecule has 3 aromatic rings. The second-order valence-electron chi connectivity index (χ2n) is 7.12. The summed E-state index contributed by atoms with van der Waals surface area (Å²) in [5.41, 5.74) is 1.27. The van der Waals surface area contributed by atoms with E-state index in [0.29, 0.717) is 42.0 Å². The number of likely N-dealkylation sites (tertiary alicyclic amines) is 1. The zero-order valence-corrected chi connectivity index (χ0v) is 17.6. The predicted octanol–water partition coefficient (Wildman–Crippen LogP) is 4.12. The molecule has 0 aliphatic carbocycles. The molecule has 7 nitrogen and oxygen atoms in total. The molecule has 2 atom stereocenters. The van der Waals surface area contributed by atoms with Gasteiger partial charge < -0.3 is 14.4 Å². The molecule has 1 saturated heterocycles. The molecule has 2 aromatic heterocycles. The van der Waals surface area contributed by atoms with Crippen molar-refractivity contribution in [2.45, 2.75) is 25.6 Å². The third-order valence-corrected chi connectivity index (χ3v) is 5.34. The zero-order chi connectivity index (χ0) is 22.0. The van der Waals surface area contributed by atoms with E-state index < -0.39 is 11.9 Å². The Morgan fingerprint density at radius 2 is 2.19 bits per heavy atom. The minimum absolute atomic E-state index is 0.0230. The van der Waals surface area contributed by atoms with Crippen LogP contribution in [-0.4, -0.2) is 45.0 Å². The van der Waals surface area contributed by atoms with Crippen LogP contribution in [0, 0.1) is 5.82 Å². The maximum atomic E-state index is 14.4. The second kappa shape index (κ2) is 8.85. The van der Waals surface area contributed by atoms with E-state index in [1.165, 1.54) is 18.5 Å². The molecule has 1 aliphatic rings. The van der Waals surface area contributed by atoms with Gasteiger partial charge in [0.05, 0.1) is 17.1 Å². The average Bonchev–Trinajstić information content (AvgIpc) is 3.24. The number of carbonyl (C=O) groups is 1. The van der Waals surface area contributed by atoms with Crippen molar-refractivity contribution < 1.29 is 18.7 Å². The molecule has 0 spiro atoms. The maximum Gasteiger partial charge on any atom is 0.246 e. The molecule has 0 saturated carbocycles. The van der Waals surface area contributed by atoms with Gasteiger partial charge in [0.15, 0.2) is 5.52 Å². The molecule has 0 N–H and O–H groups in total. The molecule has 31 heavy (non-hydrogen) atoms. The van der Waals surface area contributed by atoms with Gasteiger partial charge in [0.25, 0.3) is 0 Å². The lowest BCUT2D eigenvalue weighted by Crippen LogP contribution is -2.29. The number of ether oxygens (including phenoxy) is 2. The summed E-state index contributed by atoms with van der Waals surface area (Å²) in [6.07, 6.45) is 2.51. The van der Waals surface area contributed by atoms with Crippen molar-refractivity contribution in [2.75, 3.05) is 13.1 Å². The van der Waals surface area contributed by atoms with Gasteiger partial charge in [0.1, 0.15) is 24.4 Å². The Bertz CT molecular complexity index is 1140. The molecule has 1 fully saturated rings. The van der Waals surface area contributed by atoms with Crippen molar-refractivity contribution in [1.82, 2.24) is 19.9 Å². The predicted molar refractivity (Wildman–Crippen MR) is 114 cm³/mol. The van der Waals surface area contributed by atoms with Gasteiger partial charge >= 0.3 is 0 Å². The van der Waals surface area contributed by atoms with Crippen LogP contribution in [0.2, 0.25) is 5.02 Å². The van der Waals surface area contributed by atoms with Crippen LogP contribution in [0.1, 0.15) is 25.0 Å². The Hall–Kier alpha value is -3.26. The van der Waals surface area contributed by atoms with Crippen LogP contribution in [0.3, 0.4) is 0 Å². The highest BCUT2D eigenvalue weighted by atomic mass is 35.5. The summed E-state index contributed by atoms with van der Waals surface area (Å²) in [5.74, 6) is -0.0837. The highest BCUT2D eigenvalue weighted by molar-refractivity contribution is 6.30. The van der Waals surface area contributed by atoms with Gasteiger partial charge in [-0.2, -0.15) is 4.98 Å². The third kappa shape index (κ3) is 4.44. The Labute approximate surface area is 183 Å². The maximum absolute atomic E-state index is 14.4. The number of benzene rings is 1. The number of fused-ring (bicyclic) bond motifs is 1. The van der Waals surface area contributed by atoms with E-state index in [4.69, 9.17) is 21.1 Å². The third-order valence-electron chi connectivity index (χ3n) is 5.05. The number of rotatable bonds is 6. The molecule has 1 aromatic carbocycles. The molecular formula is C22H20ClFN4O3. The first kappa shape index (κ1) is 21.0. The minimum Gasteiger partial charge on any atom is -0.472 e. The minimum atomic E-state index is -0.656.